The van der Waals surface area contributed by atoms with E-state index in [1.807, 2.05) is 0 Å². The first-order valence-corrected chi connectivity index (χ1v) is 6.89. The van der Waals surface area contributed by atoms with Crippen molar-refractivity contribution in [2.75, 3.05) is 20.2 Å². The zero-order valence-corrected chi connectivity index (χ0v) is 10.5. The van der Waals surface area contributed by atoms with Gasteiger partial charge in [0.15, 0.2) is 0 Å². The van der Waals surface area contributed by atoms with Crippen molar-refractivity contribution in [1.29, 1.82) is 0 Å². The van der Waals surface area contributed by atoms with Crippen molar-refractivity contribution in [2.24, 2.45) is 0 Å². The van der Waals surface area contributed by atoms with Gasteiger partial charge in [0.2, 0.25) is 0 Å². The largest absolute Gasteiger partial charge is 0.395 e. The van der Waals surface area contributed by atoms with Gasteiger partial charge in [-0.15, -0.1) is 0 Å². The highest BCUT2D eigenvalue weighted by atomic mass is 16.3. The summed E-state index contributed by atoms with van der Waals surface area (Å²) in [5.41, 5.74) is 0. The third-order valence-corrected chi connectivity index (χ3v) is 4.46. The van der Waals surface area contributed by atoms with Crippen LogP contribution in [-0.4, -0.2) is 48.3 Å². The Morgan fingerprint density at radius 1 is 1.12 bits per heavy atom. The van der Waals surface area contributed by atoms with E-state index < -0.39 is 0 Å². The summed E-state index contributed by atoms with van der Waals surface area (Å²) in [6, 6.07) is 1.92. The van der Waals surface area contributed by atoms with Crippen molar-refractivity contribution in [2.45, 2.75) is 63.1 Å². The maximum Gasteiger partial charge on any atom is 0.0586 e. The number of likely N-dealkylation sites (tertiary alicyclic amines) is 1. The fourth-order valence-corrected chi connectivity index (χ4v) is 3.40. The average molecular weight is 226 g/mol. The molecule has 3 heteroatoms. The molecule has 2 aliphatic rings. The van der Waals surface area contributed by atoms with E-state index in [-0.39, 0.29) is 0 Å². The van der Waals surface area contributed by atoms with Crippen molar-refractivity contribution in [3.05, 3.63) is 0 Å². The molecule has 2 fully saturated rings. The molecule has 0 aromatic rings. The molecule has 1 saturated heterocycles. The number of hydrogen-bond donors (Lipinski definition) is 2. The summed E-state index contributed by atoms with van der Waals surface area (Å²) in [5, 5.41) is 12.8. The molecule has 1 heterocycles. The number of piperidine rings is 1. The first-order chi connectivity index (χ1) is 7.85. The molecule has 94 valence electrons. The van der Waals surface area contributed by atoms with Crippen LogP contribution in [0.1, 0.15) is 44.9 Å². The van der Waals surface area contributed by atoms with Gasteiger partial charge in [0, 0.05) is 18.1 Å². The zero-order chi connectivity index (χ0) is 11.4. The van der Waals surface area contributed by atoms with E-state index in [0.29, 0.717) is 12.6 Å². The predicted octanol–water partition coefficient (Wildman–Crippen LogP) is 1.36. The summed E-state index contributed by atoms with van der Waals surface area (Å²) in [6.45, 7) is 1.56. The lowest BCUT2D eigenvalue weighted by molar-refractivity contribution is 0.0350. The number of rotatable bonds is 3. The van der Waals surface area contributed by atoms with Gasteiger partial charge in [-0.1, -0.05) is 6.42 Å². The monoisotopic (exact) mass is 226 g/mol. The van der Waals surface area contributed by atoms with Crippen molar-refractivity contribution < 1.29 is 5.11 Å². The van der Waals surface area contributed by atoms with Crippen LogP contribution >= 0.6 is 0 Å². The Labute approximate surface area is 99.2 Å². The van der Waals surface area contributed by atoms with Crippen LogP contribution in [-0.2, 0) is 0 Å². The molecule has 1 aliphatic heterocycles. The van der Waals surface area contributed by atoms with Gasteiger partial charge < -0.3 is 10.4 Å². The maximum absolute atomic E-state index is 9.44. The lowest BCUT2D eigenvalue weighted by Gasteiger charge is -2.43. The number of aliphatic hydroxyl groups excluding tert-OH is 1. The van der Waals surface area contributed by atoms with Crippen molar-refractivity contribution >= 4 is 0 Å². The van der Waals surface area contributed by atoms with Gasteiger partial charge in [0.05, 0.1) is 6.61 Å². The molecule has 3 nitrogen and oxygen atoms in total. The summed E-state index contributed by atoms with van der Waals surface area (Å²) in [7, 11) is 2.07. The van der Waals surface area contributed by atoms with Gasteiger partial charge >= 0.3 is 0 Å². The predicted molar refractivity (Wildman–Crippen MR) is 66.5 cm³/mol. The molecule has 0 amide bonds. The molecular weight excluding hydrogens is 200 g/mol. The highest BCUT2D eigenvalue weighted by molar-refractivity contribution is 4.87. The van der Waals surface area contributed by atoms with Crippen LogP contribution in [0.5, 0.6) is 0 Å². The molecule has 0 aromatic carbocycles. The van der Waals surface area contributed by atoms with Crippen LogP contribution in [0.25, 0.3) is 0 Å². The number of hydrogen-bond acceptors (Lipinski definition) is 3. The fraction of sp³-hybridized carbons (Fsp3) is 1.00. The topological polar surface area (TPSA) is 35.5 Å². The van der Waals surface area contributed by atoms with Crippen molar-refractivity contribution in [1.82, 2.24) is 10.2 Å². The van der Waals surface area contributed by atoms with E-state index in [4.69, 9.17) is 0 Å². The summed E-state index contributed by atoms with van der Waals surface area (Å²) < 4.78 is 0. The molecule has 1 unspecified atom stereocenters. The molecule has 0 radical (unpaired) electrons. The molecule has 1 saturated carbocycles. The lowest BCUT2D eigenvalue weighted by Crippen LogP contribution is -2.50. The van der Waals surface area contributed by atoms with Crippen LogP contribution < -0.4 is 5.32 Å². The van der Waals surface area contributed by atoms with Crippen LogP contribution in [0.2, 0.25) is 0 Å². The molecule has 2 N–H and O–H groups in total. The summed E-state index contributed by atoms with van der Waals surface area (Å²) in [5.74, 6) is 0. The Morgan fingerprint density at radius 3 is 2.50 bits per heavy atom. The minimum atomic E-state index is 0.353. The Hall–Kier alpha value is -0.120. The van der Waals surface area contributed by atoms with E-state index in [0.717, 1.165) is 12.1 Å². The van der Waals surface area contributed by atoms with E-state index in [1.165, 1.54) is 51.5 Å². The summed E-state index contributed by atoms with van der Waals surface area (Å²) >= 11 is 0. The number of aliphatic hydroxyl groups is 1. The summed E-state index contributed by atoms with van der Waals surface area (Å²) in [4.78, 5) is 2.59. The van der Waals surface area contributed by atoms with Gasteiger partial charge in [-0.3, -0.25) is 4.90 Å². The normalized spacial score (nSPS) is 37.5. The van der Waals surface area contributed by atoms with Gasteiger partial charge in [0.25, 0.3) is 0 Å². The van der Waals surface area contributed by atoms with Gasteiger partial charge in [0.1, 0.15) is 0 Å². The molecule has 16 heavy (non-hydrogen) atoms. The van der Waals surface area contributed by atoms with E-state index in [1.54, 1.807) is 0 Å². The molecule has 1 atom stereocenters. The van der Waals surface area contributed by atoms with E-state index >= 15 is 0 Å². The highest BCUT2D eigenvalue weighted by Crippen LogP contribution is 2.28. The Balaban J connectivity index is 1.86. The van der Waals surface area contributed by atoms with Crippen molar-refractivity contribution in [3.63, 3.8) is 0 Å². The molecule has 0 aromatic heterocycles. The van der Waals surface area contributed by atoms with Gasteiger partial charge in [-0.2, -0.15) is 0 Å². The third kappa shape index (κ3) is 2.76. The van der Waals surface area contributed by atoms with E-state index in [9.17, 15) is 5.11 Å². The Bertz CT molecular complexity index is 202. The second-order valence-corrected chi connectivity index (χ2v) is 5.36. The van der Waals surface area contributed by atoms with Crippen LogP contribution in [0, 0.1) is 0 Å². The Morgan fingerprint density at radius 2 is 1.88 bits per heavy atom. The number of nitrogens with zero attached hydrogens (tertiary/aromatic N) is 1. The van der Waals surface area contributed by atoms with Crippen LogP contribution in [0.15, 0.2) is 0 Å². The minimum absolute atomic E-state index is 0.353. The van der Waals surface area contributed by atoms with Gasteiger partial charge in [-0.05, 0) is 52.1 Å². The second kappa shape index (κ2) is 5.99. The minimum Gasteiger partial charge on any atom is -0.395 e. The third-order valence-electron chi connectivity index (χ3n) is 4.46. The number of nitrogens with one attached hydrogen (secondary N) is 1. The zero-order valence-electron chi connectivity index (χ0n) is 10.5. The van der Waals surface area contributed by atoms with Crippen molar-refractivity contribution in [3.8, 4) is 0 Å². The van der Waals surface area contributed by atoms with Crippen LogP contribution in [0.4, 0.5) is 0 Å². The fourth-order valence-electron chi connectivity index (χ4n) is 3.40. The molecule has 0 bridgehead atoms. The molecular formula is C13H26N2O. The van der Waals surface area contributed by atoms with Gasteiger partial charge in [-0.25, -0.2) is 0 Å². The Kier molecular flexibility index (Phi) is 4.62. The maximum atomic E-state index is 9.44. The molecule has 1 aliphatic carbocycles. The first kappa shape index (κ1) is 12.3. The highest BCUT2D eigenvalue weighted by Gasteiger charge is 2.30. The molecule has 0 spiro atoms. The lowest BCUT2D eigenvalue weighted by atomic mass is 9.88. The second-order valence-electron chi connectivity index (χ2n) is 5.36. The molecule has 2 rings (SSSR count). The smallest absolute Gasteiger partial charge is 0.0586 e. The van der Waals surface area contributed by atoms with E-state index in [2.05, 4.69) is 17.3 Å². The van der Waals surface area contributed by atoms with Crippen LogP contribution in [0.3, 0.4) is 0 Å². The SMILES string of the molecule is CNC1CCC(N2CCCCC2CO)CC1. The standard InChI is InChI=1S/C13H26N2O/c1-14-11-5-7-12(8-6-11)15-9-3-2-4-13(15)10-16/h11-14,16H,2-10H2,1H3. The first-order valence-electron chi connectivity index (χ1n) is 6.89. The average Bonchev–Trinajstić information content (AvgIpc) is 2.39. The quantitative estimate of drug-likeness (QED) is 0.763. The summed E-state index contributed by atoms with van der Waals surface area (Å²) in [6.07, 6.45) is 9.04.